The number of ether oxygens (including phenoxy) is 1. The fourth-order valence-corrected chi connectivity index (χ4v) is 2.67. The fraction of sp³-hybridized carbons (Fsp3) is 0.562. The number of hydrogen-bond acceptors (Lipinski definition) is 3. The number of hydrogen-bond donors (Lipinski definition) is 2. The molecule has 2 N–H and O–H groups in total. The summed E-state index contributed by atoms with van der Waals surface area (Å²) in [4.78, 5) is 0. The van der Waals surface area contributed by atoms with Crippen LogP contribution in [0, 0.1) is 12.3 Å². The third-order valence-corrected chi connectivity index (χ3v) is 4.46. The lowest BCUT2D eigenvalue weighted by atomic mass is 10.1. The Morgan fingerprint density at radius 1 is 1.48 bits per heavy atom. The SMILES string of the molecule is CC.CCCCC(Nc1cc(Cl)c(C)c(Br)c1C=N)OC. The van der Waals surface area contributed by atoms with Crippen LogP contribution in [0.1, 0.15) is 51.2 Å². The van der Waals surface area contributed by atoms with Crippen molar-refractivity contribution in [3.8, 4) is 0 Å². The van der Waals surface area contributed by atoms with E-state index < -0.39 is 0 Å². The molecule has 0 fully saturated rings. The van der Waals surface area contributed by atoms with E-state index in [1.165, 1.54) is 6.21 Å². The van der Waals surface area contributed by atoms with Crippen molar-refractivity contribution in [1.29, 1.82) is 5.41 Å². The van der Waals surface area contributed by atoms with Gasteiger partial charge in [0.05, 0.1) is 0 Å². The molecule has 0 amide bonds. The van der Waals surface area contributed by atoms with E-state index >= 15 is 0 Å². The van der Waals surface area contributed by atoms with Gasteiger partial charge in [-0.2, -0.15) is 0 Å². The molecule has 120 valence electrons. The monoisotopic (exact) mass is 376 g/mol. The van der Waals surface area contributed by atoms with Crippen LogP contribution in [0.25, 0.3) is 0 Å². The number of nitrogens with one attached hydrogen (secondary N) is 2. The molecule has 3 nitrogen and oxygen atoms in total. The van der Waals surface area contributed by atoms with Gasteiger partial charge in [0.2, 0.25) is 0 Å². The molecule has 1 aromatic rings. The number of anilines is 1. The average molecular weight is 378 g/mol. The molecule has 0 saturated carbocycles. The zero-order valence-electron chi connectivity index (χ0n) is 13.5. The van der Waals surface area contributed by atoms with Crippen molar-refractivity contribution in [3.63, 3.8) is 0 Å². The average Bonchev–Trinajstić information content (AvgIpc) is 2.51. The highest BCUT2D eigenvalue weighted by Crippen LogP contribution is 2.33. The summed E-state index contributed by atoms with van der Waals surface area (Å²) >= 11 is 9.68. The number of unbranched alkanes of at least 4 members (excludes halogenated alkanes) is 1. The maximum absolute atomic E-state index is 7.55. The number of methoxy groups -OCH3 is 1. The molecule has 1 unspecified atom stereocenters. The Balaban J connectivity index is 0.00000191. The first-order valence-electron chi connectivity index (χ1n) is 7.33. The van der Waals surface area contributed by atoms with Gasteiger partial charge in [-0.3, -0.25) is 0 Å². The molecule has 5 heteroatoms. The highest BCUT2D eigenvalue weighted by Gasteiger charge is 2.14. The molecular formula is C16H26BrClN2O. The van der Waals surface area contributed by atoms with Gasteiger partial charge in [-0.15, -0.1) is 0 Å². The quantitative estimate of drug-likeness (QED) is 0.451. The minimum Gasteiger partial charge on any atom is -0.362 e. The second kappa shape index (κ2) is 11.0. The lowest BCUT2D eigenvalue weighted by Gasteiger charge is -2.21. The second-order valence-corrected chi connectivity index (χ2v) is 5.61. The van der Waals surface area contributed by atoms with E-state index in [1.54, 1.807) is 7.11 Å². The maximum atomic E-state index is 7.55. The van der Waals surface area contributed by atoms with Crippen LogP contribution in [0.2, 0.25) is 5.02 Å². The molecule has 0 radical (unpaired) electrons. The lowest BCUT2D eigenvalue weighted by molar-refractivity contribution is 0.116. The molecule has 0 aliphatic heterocycles. The highest BCUT2D eigenvalue weighted by molar-refractivity contribution is 9.10. The van der Waals surface area contributed by atoms with Gasteiger partial charge in [-0.1, -0.05) is 38.8 Å². The molecular weight excluding hydrogens is 352 g/mol. The third kappa shape index (κ3) is 5.97. The summed E-state index contributed by atoms with van der Waals surface area (Å²) in [5, 5.41) is 11.5. The first-order chi connectivity index (χ1) is 10.0. The van der Waals surface area contributed by atoms with Crippen LogP contribution in [0.15, 0.2) is 10.5 Å². The first kappa shape index (κ1) is 20.4. The Morgan fingerprint density at radius 2 is 2.10 bits per heavy atom. The van der Waals surface area contributed by atoms with Crippen LogP contribution in [0.3, 0.4) is 0 Å². The van der Waals surface area contributed by atoms with E-state index in [0.29, 0.717) is 5.02 Å². The molecule has 1 rings (SSSR count). The Bertz CT molecular complexity index is 452. The molecule has 0 aliphatic carbocycles. The summed E-state index contributed by atoms with van der Waals surface area (Å²) in [5.74, 6) is 0. The summed E-state index contributed by atoms with van der Waals surface area (Å²) < 4.78 is 6.27. The maximum Gasteiger partial charge on any atom is 0.127 e. The molecule has 21 heavy (non-hydrogen) atoms. The van der Waals surface area contributed by atoms with Crippen molar-refractivity contribution in [2.24, 2.45) is 0 Å². The number of rotatable bonds is 7. The smallest absolute Gasteiger partial charge is 0.127 e. The Morgan fingerprint density at radius 3 is 2.57 bits per heavy atom. The summed E-state index contributed by atoms with van der Waals surface area (Å²) in [6.07, 6.45) is 4.39. The van der Waals surface area contributed by atoms with Gasteiger partial charge in [0.1, 0.15) is 6.23 Å². The lowest BCUT2D eigenvalue weighted by Crippen LogP contribution is -2.22. The topological polar surface area (TPSA) is 45.1 Å². The van der Waals surface area contributed by atoms with Crippen molar-refractivity contribution in [3.05, 3.63) is 26.7 Å². The molecule has 0 heterocycles. The molecule has 1 atom stereocenters. The zero-order chi connectivity index (χ0) is 16.4. The van der Waals surface area contributed by atoms with Gasteiger partial charge in [-0.25, -0.2) is 0 Å². The summed E-state index contributed by atoms with van der Waals surface area (Å²) in [7, 11) is 1.68. The summed E-state index contributed by atoms with van der Waals surface area (Å²) in [6, 6.07) is 1.85. The van der Waals surface area contributed by atoms with E-state index in [-0.39, 0.29) is 6.23 Å². The Labute approximate surface area is 142 Å². The third-order valence-electron chi connectivity index (χ3n) is 3.05. The summed E-state index contributed by atoms with van der Waals surface area (Å²) in [5.41, 5.74) is 2.55. The number of benzene rings is 1. The highest BCUT2D eigenvalue weighted by atomic mass is 79.9. The van der Waals surface area contributed by atoms with Gasteiger partial charge in [0.25, 0.3) is 0 Å². The van der Waals surface area contributed by atoms with Crippen molar-refractivity contribution in [1.82, 2.24) is 0 Å². The summed E-state index contributed by atoms with van der Waals surface area (Å²) in [6.45, 7) is 8.07. The second-order valence-electron chi connectivity index (χ2n) is 4.41. The standard InChI is InChI=1S/C14H20BrClN2O.C2H6/c1-4-5-6-13(19-3)18-12-7-11(16)9(2)14(15)10(12)8-17;1-2/h7-8,13,17-18H,4-6H2,1-3H3;1-2H3. The van der Waals surface area contributed by atoms with Gasteiger partial charge >= 0.3 is 0 Å². The van der Waals surface area contributed by atoms with Crippen LogP contribution in [0.5, 0.6) is 0 Å². The van der Waals surface area contributed by atoms with E-state index in [4.69, 9.17) is 21.7 Å². The largest absolute Gasteiger partial charge is 0.362 e. The van der Waals surface area contributed by atoms with Gasteiger partial charge in [-0.05, 0) is 47.3 Å². The molecule has 0 aliphatic rings. The van der Waals surface area contributed by atoms with Crippen molar-refractivity contribution < 1.29 is 4.74 Å². The molecule has 0 bridgehead atoms. The van der Waals surface area contributed by atoms with Crippen LogP contribution in [-0.4, -0.2) is 19.6 Å². The van der Waals surface area contributed by atoms with Gasteiger partial charge in [0, 0.05) is 34.1 Å². The van der Waals surface area contributed by atoms with Crippen LogP contribution in [0.4, 0.5) is 5.69 Å². The van der Waals surface area contributed by atoms with Crippen molar-refractivity contribution in [2.75, 3.05) is 12.4 Å². The molecule has 0 spiro atoms. The van der Waals surface area contributed by atoms with E-state index in [2.05, 4.69) is 28.2 Å². The minimum atomic E-state index is -0.0654. The molecule has 0 saturated heterocycles. The number of halogens is 2. The van der Waals surface area contributed by atoms with E-state index in [9.17, 15) is 0 Å². The Kier molecular flexibility index (Phi) is 10.7. The van der Waals surface area contributed by atoms with Crippen LogP contribution < -0.4 is 5.32 Å². The fourth-order valence-electron chi connectivity index (χ4n) is 1.81. The molecule has 0 aromatic heterocycles. The van der Waals surface area contributed by atoms with Gasteiger partial charge < -0.3 is 15.5 Å². The van der Waals surface area contributed by atoms with Crippen LogP contribution >= 0.6 is 27.5 Å². The van der Waals surface area contributed by atoms with Crippen LogP contribution in [-0.2, 0) is 4.74 Å². The zero-order valence-corrected chi connectivity index (χ0v) is 15.9. The molecule has 1 aromatic carbocycles. The predicted molar refractivity (Wildman–Crippen MR) is 97.1 cm³/mol. The van der Waals surface area contributed by atoms with Crippen molar-refractivity contribution >= 4 is 39.4 Å². The van der Waals surface area contributed by atoms with E-state index in [1.807, 2.05) is 26.8 Å². The van der Waals surface area contributed by atoms with E-state index in [0.717, 1.165) is 40.5 Å². The normalized spacial score (nSPS) is 11.4. The first-order valence-corrected chi connectivity index (χ1v) is 8.50. The predicted octanol–water partition coefficient (Wildman–Crippen LogP) is 6.01. The van der Waals surface area contributed by atoms with Gasteiger partial charge in [0.15, 0.2) is 0 Å². The minimum absolute atomic E-state index is 0.0654. The Hall–Kier alpha value is -0.580. The van der Waals surface area contributed by atoms with Crippen molar-refractivity contribution in [2.45, 2.75) is 53.2 Å².